The van der Waals surface area contributed by atoms with Crippen molar-refractivity contribution < 1.29 is 17.9 Å². The minimum absolute atomic E-state index is 0.0445. The lowest BCUT2D eigenvalue weighted by Gasteiger charge is -2.12. The normalized spacial score (nSPS) is 13.6. The molecule has 1 rings (SSSR count). The van der Waals surface area contributed by atoms with Gasteiger partial charge in [0.15, 0.2) is 0 Å². The van der Waals surface area contributed by atoms with Crippen molar-refractivity contribution in [2.75, 3.05) is 13.7 Å². The highest BCUT2D eigenvalue weighted by Gasteiger charge is 2.29. The van der Waals surface area contributed by atoms with Gasteiger partial charge >= 0.3 is 6.18 Å². The van der Waals surface area contributed by atoms with Crippen molar-refractivity contribution in [1.82, 2.24) is 0 Å². The van der Waals surface area contributed by atoms with Gasteiger partial charge in [-0.05, 0) is 37.0 Å². The number of nitrogens with two attached hydrogens (primary N) is 1. The van der Waals surface area contributed by atoms with Crippen LogP contribution in [0.15, 0.2) is 24.3 Å². The standard InChI is InChI=1S/C13H18F3NO/c1-18-8-2-3-12(17)9-10-4-6-11(7-5-10)13(14,15)16/h4-7,12H,2-3,8-9,17H2,1H3. The first kappa shape index (κ1) is 15.0. The van der Waals surface area contributed by atoms with Gasteiger partial charge in [0.25, 0.3) is 0 Å². The maximum atomic E-state index is 12.3. The van der Waals surface area contributed by atoms with E-state index in [1.54, 1.807) is 7.11 Å². The molecule has 1 aromatic rings. The van der Waals surface area contributed by atoms with Crippen molar-refractivity contribution in [3.8, 4) is 0 Å². The largest absolute Gasteiger partial charge is 0.416 e. The minimum atomic E-state index is -4.28. The van der Waals surface area contributed by atoms with Crippen molar-refractivity contribution in [2.24, 2.45) is 5.73 Å². The molecule has 0 aliphatic rings. The summed E-state index contributed by atoms with van der Waals surface area (Å²) in [4.78, 5) is 0. The second-order valence-corrected chi connectivity index (χ2v) is 4.29. The number of benzene rings is 1. The molecule has 2 N–H and O–H groups in total. The number of rotatable bonds is 6. The molecule has 0 amide bonds. The van der Waals surface area contributed by atoms with Crippen molar-refractivity contribution in [3.05, 3.63) is 35.4 Å². The van der Waals surface area contributed by atoms with Gasteiger partial charge < -0.3 is 10.5 Å². The first-order valence-electron chi connectivity index (χ1n) is 5.84. The summed E-state index contributed by atoms with van der Waals surface area (Å²) < 4.78 is 42.0. The average Bonchev–Trinajstić information content (AvgIpc) is 2.29. The third-order valence-corrected chi connectivity index (χ3v) is 2.70. The van der Waals surface area contributed by atoms with Crippen molar-refractivity contribution >= 4 is 0 Å². The zero-order valence-corrected chi connectivity index (χ0v) is 10.3. The Balaban J connectivity index is 2.48. The highest BCUT2D eigenvalue weighted by Crippen LogP contribution is 2.29. The third kappa shape index (κ3) is 5.06. The molecule has 102 valence electrons. The van der Waals surface area contributed by atoms with E-state index in [2.05, 4.69) is 0 Å². The zero-order valence-electron chi connectivity index (χ0n) is 10.3. The summed E-state index contributed by atoms with van der Waals surface area (Å²) in [6, 6.07) is 5.11. The second kappa shape index (κ2) is 6.75. The van der Waals surface area contributed by atoms with Gasteiger partial charge in [0, 0.05) is 19.8 Å². The van der Waals surface area contributed by atoms with E-state index in [0.29, 0.717) is 13.0 Å². The van der Waals surface area contributed by atoms with Gasteiger partial charge in [-0.3, -0.25) is 0 Å². The van der Waals surface area contributed by atoms with Gasteiger partial charge in [-0.2, -0.15) is 13.2 Å². The van der Waals surface area contributed by atoms with Crippen LogP contribution in [0.3, 0.4) is 0 Å². The molecule has 18 heavy (non-hydrogen) atoms. The summed E-state index contributed by atoms with van der Waals surface area (Å²) in [6.45, 7) is 0.653. The van der Waals surface area contributed by atoms with E-state index in [1.165, 1.54) is 12.1 Å². The summed E-state index contributed by atoms with van der Waals surface area (Å²) in [5.41, 5.74) is 6.09. The lowest BCUT2D eigenvalue weighted by molar-refractivity contribution is -0.137. The summed E-state index contributed by atoms with van der Waals surface area (Å²) in [5, 5.41) is 0. The molecule has 0 saturated heterocycles. The summed E-state index contributed by atoms with van der Waals surface area (Å²) >= 11 is 0. The fraction of sp³-hybridized carbons (Fsp3) is 0.538. The molecule has 2 nitrogen and oxygen atoms in total. The maximum absolute atomic E-state index is 12.3. The van der Waals surface area contributed by atoms with E-state index >= 15 is 0 Å². The number of halogens is 3. The van der Waals surface area contributed by atoms with Crippen LogP contribution >= 0.6 is 0 Å². The molecule has 0 aliphatic heterocycles. The number of alkyl halides is 3. The molecule has 0 bridgehead atoms. The predicted molar refractivity (Wildman–Crippen MR) is 64.2 cm³/mol. The van der Waals surface area contributed by atoms with Crippen LogP contribution in [0, 0.1) is 0 Å². The number of hydrogen-bond donors (Lipinski definition) is 1. The van der Waals surface area contributed by atoms with Crippen LogP contribution in [0.4, 0.5) is 13.2 Å². The molecule has 1 unspecified atom stereocenters. The SMILES string of the molecule is COCCCC(N)Cc1ccc(C(F)(F)F)cc1. The molecular formula is C13H18F3NO. The quantitative estimate of drug-likeness (QED) is 0.799. The predicted octanol–water partition coefficient (Wildman–Crippen LogP) is 3.00. The van der Waals surface area contributed by atoms with Crippen molar-refractivity contribution in [2.45, 2.75) is 31.5 Å². The van der Waals surface area contributed by atoms with Crippen LogP contribution in [0.1, 0.15) is 24.0 Å². The lowest BCUT2D eigenvalue weighted by Crippen LogP contribution is -2.23. The van der Waals surface area contributed by atoms with Crippen LogP contribution in [-0.4, -0.2) is 19.8 Å². The smallest absolute Gasteiger partial charge is 0.385 e. The Labute approximate surface area is 105 Å². The van der Waals surface area contributed by atoms with Crippen molar-refractivity contribution in [3.63, 3.8) is 0 Å². The molecule has 5 heteroatoms. The molecule has 1 atom stereocenters. The molecule has 0 aliphatic carbocycles. The first-order valence-corrected chi connectivity index (χ1v) is 5.84. The average molecular weight is 261 g/mol. The fourth-order valence-corrected chi connectivity index (χ4v) is 1.72. The van der Waals surface area contributed by atoms with E-state index in [-0.39, 0.29) is 6.04 Å². The first-order chi connectivity index (χ1) is 8.43. The Morgan fingerprint density at radius 3 is 2.33 bits per heavy atom. The lowest BCUT2D eigenvalue weighted by atomic mass is 10.0. The Morgan fingerprint density at radius 1 is 1.22 bits per heavy atom. The van der Waals surface area contributed by atoms with E-state index in [4.69, 9.17) is 10.5 Å². The number of ether oxygens (including phenoxy) is 1. The van der Waals surface area contributed by atoms with Gasteiger partial charge in [-0.1, -0.05) is 12.1 Å². The Kier molecular flexibility index (Phi) is 5.62. The van der Waals surface area contributed by atoms with Gasteiger partial charge in [0.1, 0.15) is 0 Å². The maximum Gasteiger partial charge on any atom is 0.416 e. The van der Waals surface area contributed by atoms with Crippen LogP contribution < -0.4 is 5.73 Å². The van der Waals surface area contributed by atoms with E-state index in [0.717, 1.165) is 30.5 Å². The summed E-state index contributed by atoms with van der Waals surface area (Å²) in [5.74, 6) is 0. The topological polar surface area (TPSA) is 35.2 Å². The molecular weight excluding hydrogens is 243 g/mol. The van der Waals surface area contributed by atoms with E-state index in [9.17, 15) is 13.2 Å². The van der Waals surface area contributed by atoms with Gasteiger partial charge in [-0.25, -0.2) is 0 Å². The van der Waals surface area contributed by atoms with Crippen LogP contribution in [0.25, 0.3) is 0 Å². The Morgan fingerprint density at radius 2 is 1.83 bits per heavy atom. The molecule has 0 spiro atoms. The zero-order chi connectivity index (χ0) is 13.6. The third-order valence-electron chi connectivity index (χ3n) is 2.70. The number of hydrogen-bond acceptors (Lipinski definition) is 2. The highest BCUT2D eigenvalue weighted by molar-refractivity contribution is 5.25. The summed E-state index contributed by atoms with van der Waals surface area (Å²) in [7, 11) is 1.63. The van der Waals surface area contributed by atoms with Gasteiger partial charge in [0.2, 0.25) is 0 Å². The molecule has 0 fully saturated rings. The van der Waals surface area contributed by atoms with Crippen molar-refractivity contribution in [1.29, 1.82) is 0 Å². The highest BCUT2D eigenvalue weighted by atomic mass is 19.4. The Bertz CT molecular complexity index is 348. The molecule has 0 radical (unpaired) electrons. The van der Waals surface area contributed by atoms with E-state index < -0.39 is 11.7 Å². The van der Waals surface area contributed by atoms with Crippen LogP contribution in [0.5, 0.6) is 0 Å². The van der Waals surface area contributed by atoms with Gasteiger partial charge in [-0.15, -0.1) is 0 Å². The van der Waals surface area contributed by atoms with E-state index in [1.807, 2.05) is 0 Å². The molecule has 0 aromatic heterocycles. The number of methoxy groups -OCH3 is 1. The summed E-state index contributed by atoms with van der Waals surface area (Å²) in [6.07, 6.45) is -2.03. The molecule has 1 aromatic carbocycles. The van der Waals surface area contributed by atoms with Crippen LogP contribution in [-0.2, 0) is 17.3 Å². The molecule has 0 saturated carbocycles. The minimum Gasteiger partial charge on any atom is -0.385 e. The van der Waals surface area contributed by atoms with Gasteiger partial charge in [0.05, 0.1) is 5.56 Å². The second-order valence-electron chi connectivity index (χ2n) is 4.29. The van der Waals surface area contributed by atoms with Crippen LogP contribution in [0.2, 0.25) is 0 Å². The molecule has 0 heterocycles. The fourth-order valence-electron chi connectivity index (χ4n) is 1.72. The Hall–Kier alpha value is -1.07. The monoisotopic (exact) mass is 261 g/mol.